The summed E-state index contributed by atoms with van der Waals surface area (Å²) >= 11 is 0. The Labute approximate surface area is 66.6 Å². The number of ether oxygens (including phenoxy) is 3. The van der Waals surface area contributed by atoms with Gasteiger partial charge in [0.15, 0.2) is 6.29 Å². The fraction of sp³-hybridized carbons (Fsp3) is 1.00. The average molecular weight is 158 g/mol. The minimum Gasteiger partial charge on any atom is -0.373 e. The van der Waals surface area contributed by atoms with E-state index in [2.05, 4.69) is 0 Å². The Morgan fingerprint density at radius 2 is 2.09 bits per heavy atom. The second kappa shape index (κ2) is 3.09. The van der Waals surface area contributed by atoms with Crippen LogP contribution in [0.3, 0.4) is 0 Å². The third-order valence-electron chi connectivity index (χ3n) is 2.24. The molecule has 0 aromatic heterocycles. The van der Waals surface area contributed by atoms with Gasteiger partial charge in [-0.25, -0.2) is 0 Å². The van der Waals surface area contributed by atoms with Gasteiger partial charge in [-0.05, 0) is 19.8 Å². The quantitative estimate of drug-likeness (QED) is 0.525. The summed E-state index contributed by atoms with van der Waals surface area (Å²) in [5.74, 6) is 0. The first kappa shape index (κ1) is 7.53. The van der Waals surface area contributed by atoms with E-state index in [1.807, 2.05) is 6.92 Å². The van der Waals surface area contributed by atoms with Crippen molar-refractivity contribution in [2.24, 2.45) is 0 Å². The Balaban J connectivity index is 1.93. The first-order valence-corrected chi connectivity index (χ1v) is 4.25. The molecule has 11 heavy (non-hydrogen) atoms. The van der Waals surface area contributed by atoms with E-state index in [9.17, 15) is 0 Å². The zero-order valence-corrected chi connectivity index (χ0v) is 6.79. The molecule has 3 atom stereocenters. The van der Waals surface area contributed by atoms with Crippen LogP contribution in [0, 0.1) is 0 Å². The van der Waals surface area contributed by atoms with Crippen LogP contribution in [0.25, 0.3) is 0 Å². The second-order valence-electron chi connectivity index (χ2n) is 3.13. The highest BCUT2D eigenvalue weighted by Gasteiger charge is 2.32. The smallest absolute Gasteiger partial charge is 0.155 e. The van der Waals surface area contributed by atoms with Crippen molar-refractivity contribution in [1.82, 2.24) is 0 Å². The van der Waals surface area contributed by atoms with Crippen LogP contribution in [-0.2, 0) is 14.2 Å². The molecule has 64 valence electrons. The summed E-state index contributed by atoms with van der Waals surface area (Å²) in [6, 6.07) is 0. The highest BCUT2D eigenvalue weighted by molar-refractivity contribution is 4.77. The monoisotopic (exact) mass is 158 g/mol. The Bertz CT molecular complexity index is 137. The van der Waals surface area contributed by atoms with Crippen molar-refractivity contribution in [3.05, 3.63) is 0 Å². The van der Waals surface area contributed by atoms with E-state index in [1.54, 1.807) is 0 Å². The molecule has 0 spiro atoms. The van der Waals surface area contributed by atoms with E-state index >= 15 is 0 Å². The summed E-state index contributed by atoms with van der Waals surface area (Å²) in [5.41, 5.74) is 0. The van der Waals surface area contributed by atoms with Crippen molar-refractivity contribution < 1.29 is 14.2 Å². The van der Waals surface area contributed by atoms with Gasteiger partial charge in [0.2, 0.25) is 0 Å². The molecule has 2 aliphatic rings. The topological polar surface area (TPSA) is 27.7 Å². The molecule has 3 nitrogen and oxygen atoms in total. The minimum atomic E-state index is -0.0436. The Kier molecular flexibility index (Phi) is 2.11. The molecule has 2 aliphatic heterocycles. The lowest BCUT2D eigenvalue weighted by Crippen LogP contribution is -2.46. The molecule has 0 bridgehead atoms. The van der Waals surface area contributed by atoms with E-state index < -0.39 is 0 Å². The molecule has 0 N–H and O–H groups in total. The lowest BCUT2D eigenvalue weighted by Gasteiger charge is -2.37. The number of hydrogen-bond acceptors (Lipinski definition) is 3. The molecule has 2 saturated heterocycles. The van der Waals surface area contributed by atoms with Crippen molar-refractivity contribution in [3.8, 4) is 0 Å². The van der Waals surface area contributed by atoms with Gasteiger partial charge in [0.1, 0.15) is 6.10 Å². The third kappa shape index (κ3) is 1.55. The standard InChI is InChI=1S/C8H14O3/c1-6-10-5-8-7(11-6)3-2-4-9-8/h6-8H,2-5H2,1H3. The molecule has 3 unspecified atom stereocenters. The summed E-state index contributed by atoms with van der Waals surface area (Å²) in [4.78, 5) is 0. The lowest BCUT2D eigenvalue weighted by molar-refractivity contribution is -0.266. The van der Waals surface area contributed by atoms with E-state index in [4.69, 9.17) is 14.2 Å². The maximum atomic E-state index is 5.54. The molecular formula is C8H14O3. The Morgan fingerprint density at radius 3 is 3.00 bits per heavy atom. The van der Waals surface area contributed by atoms with Crippen LogP contribution in [0.4, 0.5) is 0 Å². The zero-order valence-electron chi connectivity index (χ0n) is 6.79. The number of rotatable bonds is 0. The van der Waals surface area contributed by atoms with Crippen LogP contribution in [0.2, 0.25) is 0 Å². The van der Waals surface area contributed by atoms with Gasteiger partial charge in [-0.1, -0.05) is 0 Å². The van der Waals surface area contributed by atoms with Gasteiger partial charge in [0, 0.05) is 6.61 Å². The van der Waals surface area contributed by atoms with Crippen molar-refractivity contribution in [2.75, 3.05) is 13.2 Å². The highest BCUT2D eigenvalue weighted by atomic mass is 16.7. The van der Waals surface area contributed by atoms with Gasteiger partial charge < -0.3 is 14.2 Å². The van der Waals surface area contributed by atoms with E-state index in [-0.39, 0.29) is 18.5 Å². The predicted molar refractivity (Wildman–Crippen MR) is 39.3 cm³/mol. The van der Waals surface area contributed by atoms with Gasteiger partial charge in [0.25, 0.3) is 0 Å². The molecule has 2 fully saturated rings. The van der Waals surface area contributed by atoms with E-state index in [0.717, 1.165) is 19.4 Å². The summed E-state index contributed by atoms with van der Waals surface area (Å²) in [6.45, 7) is 3.50. The highest BCUT2D eigenvalue weighted by Crippen LogP contribution is 2.23. The first-order chi connectivity index (χ1) is 5.36. The number of hydrogen-bond donors (Lipinski definition) is 0. The van der Waals surface area contributed by atoms with Crippen molar-refractivity contribution in [2.45, 2.75) is 38.3 Å². The van der Waals surface area contributed by atoms with Crippen LogP contribution >= 0.6 is 0 Å². The summed E-state index contributed by atoms with van der Waals surface area (Å²) < 4.78 is 16.3. The van der Waals surface area contributed by atoms with Gasteiger partial charge in [-0.3, -0.25) is 0 Å². The first-order valence-electron chi connectivity index (χ1n) is 4.25. The molecule has 3 heteroatoms. The molecule has 0 amide bonds. The normalized spacial score (nSPS) is 45.0. The fourth-order valence-electron chi connectivity index (χ4n) is 1.64. The summed E-state index contributed by atoms with van der Waals surface area (Å²) in [7, 11) is 0. The van der Waals surface area contributed by atoms with Crippen LogP contribution < -0.4 is 0 Å². The molecule has 2 heterocycles. The molecule has 0 aromatic rings. The van der Waals surface area contributed by atoms with Crippen molar-refractivity contribution in [3.63, 3.8) is 0 Å². The molecule has 0 saturated carbocycles. The SMILES string of the molecule is CC1OCC2OCCCC2O1. The zero-order chi connectivity index (χ0) is 7.68. The Hall–Kier alpha value is -0.120. The van der Waals surface area contributed by atoms with Gasteiger partial charge in [-0.2, -0.15) is 0 Å². The number of fused-ring (bicyclic) bond motifs is 1. The summed E-state index contributed by atoms with van der Waals surface area (Å²) in [5, 5.41) is 0. The summed E-state index contributed by atoms with van der Waals surface area (Å²) in [6.07, 6.45) is 2.68. The second-order valence-corrected chi connectivity index (χ2v) is 3.13. The molecule has 0 aliphatic carbocycles. The van der Waals surface area contributed by atoms with Gasteiger partial charge in [0.05, 0.1) is 12.7 Å². The third-order valence-corrected chi connectivity index (χ3v) is 2.24. The van der Waals surface area contributed by atoms with Crippen LogP contribution in [0.1, 0.15) is 19.8 Å². The van der Waals surface area contributed by atoms with Gasteiger partial charge >= 0.3 is 0 Å². The Morgan fingerprint density at radius 1 is 1.18 bits per heavy atom. The fourth-order valence-corrected chi connectivity index (χ4v) is 1.64. The molecule has 0 aromatic carbocycles. The largest absolute Gasteiger partial charge is 0.373 e. The lowest BCUT2D eigenvalue weighted by atomic mass is 10.1. The predicted octanol–water partition coefficient (Wildman–Crippen LogP) is 0.927. The maximum Gasteiger partial charge on any atom is 0.155 e. The van der Waals surface area contributed by atoms with Crippen LogP contribution in [0.15, 0.2) is 0 Å². The van der Waals surface area contributed by atoms with Gasteiger partial charge in [-0.15, -0.1) is 0 Å². The minimum absolute atomic E-state index is 0.0436. The average Bonchev–Trinajstić information content (AvgIpc) is 2.04. The van der Waals surface area contributed by atoms with Crippen LogP contribution in [-0.4, -0.2) is 31.7 Å². The maximum absolute atomic E-state index is 5.54. The van der Waals surface area contributed by atoms with Crippen molar-refractivity contribution >= 4 is 0 Å². The molecule has 0 radical (unpaired) electrons. The molecular weight excluding hydrogens is 144 g/mol. The molecule has 2 rings (SSSR count). The van der Waals surface area contributed by atoms with Crippen LogP contribution in [0.5, 0.6) is 0 Å². The van der Waals surface area contributed by atoms with E-state index in [0.29, 0.717) is 6.61 Å². The van der Waals surface area contributed by atoms with E-state index in [1.165, 1.54) is 0 Å². The van der Waals surface area contributed by atoms with Crippen molar-refractivity contribution in [1.29, 1.82) is 0 Å².